The summed E-state index contributed by atoms with van der Waals surface area (Å²) in [6, 6.07) is 22.0. The van der Waals surface area contributed by atoms with E-state index in [1.54, 1.807) is 10.8 Å². The topological polar surface area (TPSA) is 98.4 Å². The number of para-hydroxylation sites is 3. The molecule has 3 aromatic carbocycles. The molecule has 0 bridgehead atoms. The Hall–Kier alpha value is -4.76. The third kappa shape index (κ3) is 4.15. The lowest BCUT2D eigenvalue weighted by Gasteiger charge is -2.15. The summed E-state index contributed by atoms with van der Waals surface area (Å²) in [5, 5.41) is 7.13. The number of hydrogen-bond acceptors (Lipinski definition) is 7. The molecule has 7 rings (SSSR count). The molecule has 2 N–H and O–H groups in total. The second kappa shape index (κ2) is 9.77. The van der Waals surface area contributed by atoms with Gasteiger partial charge in [-0.15, -0.1) is 0 Å². The Morgan fingerprint density at radius 2 is 1.80 bits per heavy atom. The molecule has 0 spiro atoms. The lowest BCUT2D eigenvalue weighted by Crippen LogP contribution is -2.28. The van der Waals surface area contributed by atoms with Crippen molar-refractivity contribution < 1.29 is 4.74 Å². The lowest BCUT2D eigenvalue weighted by atomic mass is 10.1. The molecule has 1 fully saturated rings. The third-order valence-electron chi connectivity index (χ3n) is 7.54. The van der Waals surface area contributed by atoms with Crippen molar-refractivity contribution in [2.45, 2.75) is 32.7 Å². The number of aromatic nitrogens is 5. The van der Waals surface area contributed by atoms with Crippen molar-refractivity contribution in [2.24, 2.45) is 0 Å². The Labute approximate surface area is 230 Å². The minimum Gasteiger partial charge on any atom is -0.492 e. The fourth-order valence-corrected chi connectivity index (χ4v) is 5.56. The van der Waals surface area contributed by atoms with Gasteiger partial charge in [0.1, 0.15) is 17.7 Å². The molecule has 6 aromatic rings. The van der Waals surface area contributed by atoms with E-state index in [1.165, 1.54) is 6.42 Å². The maximum absolute atomic E-state index is 14.0. The number of ether oxygens (including phenoxy) is 1. The zero-order valence-electron chi connectivity index (χ0n) is 22.4. The highest BCUT2D eigenvalue weighted by Gasteiger charge is 2.21. The molecule has 0 radical (unpaired) electrons. The Morgan fingerprint density at radius 1 is 1.00 bits per heavy atom. The van der Waals surface area contributed by atoms with E-state index < -0.39 is 0 Å². The van der Waals surface area contributed by atoms with Gasteiger partial charge in [-0.2, -0.15) is 4.98 Å². The van der Waals surface area contributed by atoms with E-state index in [0.717, 1.165) is 52.3 Å². The number of nitrogens with zero attached hydrogens (tertiary/aromatic N) is 5. The van der Waals surface area contributed by atoms with Gasteiger partial charge < -0.3 is 15.4 Å². The minimum atomic E-state index is -0.208. The van der Waals surface area contributed by atoms with E-state index in [9.17, 15) is 4.79 Å². The Balaban J connectivity index is 1.31. The summed E-state index contributed by atoms with van der Waals surface area (Å²) >= 11 is 0. The molecule has 4 heterocycles. The summed E-state index contributed by atoms with van der Waals surface area (Å²) in [6.45, 7) is 5.73. The Kier molecular flexibility index (Phi) is 5.93. The van der Waals surface area contributed by atoms with E-state index in [1.807, 2.05) is 85.0 Å². The van der Waals surface area contributed by atoms with E-state index >= 15 is 0 Å². The first-order valence-electron chi connectivity index (χ1n) is 13.6. The summed E-state index contributed by atoms with van der Waals surface area (Å²) in [6.07, 6.45) is 3.94. The Bertz CT molecular complexity index is 1920. The highest BCUT2D eigenvalue weighted by atomic mass is 16.5. The first kappa shape index (κ1) is 24.3. The number of hydrogen-bond donors (Lipinski definition) is 2. The Morgan fingerprint density at radius 3 is 2.58 bits per heavy atom. The molecule has 200 valence electrons. The van der Waals surface area contributed by atoms with Gasteiger partial charge in [0, 0.05) is 17.9 Å². The fourth-order valence-electron chi connectivity index (χ4n) is 5.56. The maximum Gasteiger partial charge on any atom is 0.270 e. The average Bonchev–Trinajstić information content (AvgIpc) is 3.62. The van der Waals surface area contributed by atoms with Gasteiger partial charge in [0.15, 0.2) is 5.65 Å². The van der Waals surface area contributed by atoms with Crippen LogP contribution in [-0.4, -0.2) is 43.1 Å². The van der Waals surface area contributed by atoms with Crippen LogP contribution in [0.3, 0.4) is 0 Å². The van der Waals surface area contributed by atoms with Crippen LogP contribution in [-0.2, 0) is 0 Å². The zero-order valence-corrected chi connectivity index (χ0v) is 22.4. The normalized spacial score (nSPS) is 15.3. The summed E-state index contributed by atoms with van der Waals surface area (Å²) in [5.41, 5.74) is 5.56. The van der Waals surface area contributed by atoms with Crippen molar-refractivity contribution in [1.82, 2.24) is 29.2 Å². The molecule has 1 atom stereocenters. The predicted octanol–water partition coefficient (Wildman–Crippen LogP) is 5.07. The lowest BCUT2D eigenvalue weighted by molar-refractivity contribution is 0.277. The summed E-state index contributed by atoms with van der Waals surface area (Å²) < 4.78 is 9.57. The third-order valence-corrected chi connectivity index (χ3v) is 7.54. The van der Waals surface area contributed by atoms with Gasteiger partial charge in [-0.1, -0.05) is 30.3 Å². The molecule has 0 unspecified atom stereocenters. The van der Waals surface area contributed by atoms with E-state index in [-0.39, 0.29) is 5.56 Å². The molecule has 9 heteroatoms. The van der Waals surface area contributed by atoms with Crippen molar-refractivity contribution in [3.63, 3.8) is 0 Å². The smallest absolute Gasteiger partial charge is 0.270 e. The molecule has 0 aliphatic carbocycles. The van der Waals surface area contributed by atoms with Gasteiger partial charge in [0.05, 0.1) is 16.7 Å². The zero-order chi connectivity index (χ0) is 27.2. The van der Waals surface area contributed by atoms with Crippen molar-refractivity contribution in [3.8, 4) is 11.4 Å². The highest BCUT2D eigenvalue weighted by molar-refractivity contribution is 5.88. The van der Waals surface area contributed by atoms with Crippen LogP contribution >= 0.6 is 0 Å². The SMILES string of the molecule is Cc1cccc(C)c1-n1c(=O)c2cnc(Nc3ccc(OC[C@H]4CCCN4)cc3)nc2n2c3ccccc3nc12. The number of anilines is 2. The monoisotopic (exact) mass is 531 g/mol. The first-order valence-corrected chi connectivity index (χ1v) is 13.6. The molecule has 0 amide bonds. The quantitative estimate of drug-likeness (QED) is 0.310. The van der Waals surface area contributed by atoms with Crippen LogP contribution in [0.15, 0.2) is 77.7 Å². The first-order chi connectivity index (χ1) is 19.6. The second-order valence-electron chi connectivity index (χ2n) is 10.3. The van der Waals surface area contributed by atoms with Gasteiger partial charge in [-0.3, -0.25) is 9.20 Å². The fraction of sp³-hybridized carbons (Fsp3) is 0.226. The summed E-state index contributed by atoms with van der Waals surface area (Å²) in [5.74, 6) is 1.72. The highest BCUT2D eigenvalue weighted by Crippen LogP contribution is 2.26. The molecule has 3 aromatic heterocycles. The van der Waals surface area contributed by atoms with Crippen molar-refractivity contribution >= 4 is 39.5 Å². The number of nitrogens with one attached hydrogen (secondary N) is 2. The summed E-state index contributed by atoms with van der Waals surface area (Å²) in [4.78, 5) is 28.2. The van der Waals surface area contributed by atoms with Gasteiger partial charge in [-0.05, 0) is 80.8 Å². The van der Waals surface area contributed by atoms with Crippen molar-refractivity contribution in [3.05, 3.63) is 94.4 Å². The standard InChI is InChI=1S/C31H29N7O2/c1-19-7-5-8-20(2)27(19)38-29(39)24-17-33-30(36-28(24)37-26-11-4-3-10-25(26)35-31(37)38)34-21-12-14-23(15-13-21)40-18-22-9-6-16-32-22/h3-5,7-8,10-15,17,22,32H,6,9,16,18H2,1-2H3,(H,33,34,36)/t22-/m1/s1. The number of rotatable bonds is 6. The van der Waals surface area contributed by atoms with Crippen molar-refractivity contribution in [2.75, 3.05) is 18.5 Å². The van der Waals surface area contributed by atoms with Crippen LogP contribution in [0.5, 0.6) is 5.75 Å². The van der Waals surface area contributed by atoms with Crippen LogP contribution in [0.1, 0.15) is 24.0 Å². The largest absolute Gasteiger partial charge is 0.492 e. The average molecular weight is 532 g/mol. The van der Waals surface area contributed by atoms with Gasteiger partial charge in [0.25, 0.3) is 5.56 Å². The van der Waals surface area contributed by atoms with Gasteiger partial charge >= 0.3 is 0 Å². The molecule has 40 heavy (non-hydrogen) atoms. The number of aryl methyl sites for hydroxylation is 2. The van der Waals surface area contributed by atoms with Crippen LogP contribution in [0.25, 0.3) is 33.5 Å². The van der Waals surface area contributed by atoms with Crippen LogP contribution in [0.4, 0.5) is 11.6 Å². The van der Waals surface area contributed by atoms with E-state index in [4.69, 9.17) is 14.7 Å². The van der Waals surface area contributed by atoms with Gasteiger partial charge in [0.2, 0.25) is 11.7 Å². The molecule has 1 aliphatic heterocycles. The van der Waals surface area contributed by atoms with Crippen LogP contribution in [0.2, 0.25) is 0 Å². The second-order valence-corrected chi connectivity index (χ2v) is 10.3. The molecular weight excluding hydrogens is 502 g/mol. The molecular formula is C31H29N7O2. The molecule has 9 nitrogen and oxygen atoms in total. The molecule has 1 saturated heterocycles. The number of benzene rings is 3. The number of fused-ring (bicyclic) bond motifs is 5. The summed E-state index contributed by atoms with van der Waals surface area (Å²) in [7, 11) is 0. The molecule has 0 saturated carbocycles. The minimum absolute atomic E-state index is 0.208. The van der Waals surface area contributed by atoms with Crippen molar-refractivity contribution in [1.29, 1.82) is 0 Å². The predicted molar refractivity (Wildman–Crippen MR) is 157 cm³/mol. The van der Waals surface area contributed by atoms with Gasteiger partial charge in [-0.25, -0.2) is 14.5 Å². The maximum atomic E-state index is 14.0. The van der Waals surface area contributed by atoms with Crippen LogP contribution < -0.4 is 20.9 Å². The van der Waals surface area contributed by atoms with E-state index in [2.05, 4.69) is 15.6 Å². The molecule has 1 aliphatic rings. The van der Waals surface area contributed by atoms with E-state index in [0.29, 0.717) is 35.4 Å². The van der Waals surface area contributed by atoms with Crippen LogP contribution in [0, 0.1) is 13.8 Å². The number of imidazole rings is 1.